The van der Waals surface area contributed by atoms with Crippen LogP contribution in [0.5, 0.6) is 0 Å². The van der Waals surface area contributed by atoms with Gasteiger partial charge in [-0.3, -0.25) is 0 Å². The largest absolute Gasteiger partial charge is 0.385 e. The van der Waals surface area contributed by atoms with Crippen LogP contribution >= 0.6 is 11.6 Å². The van der Waals surface area contributed by atoms with Crippen molar-refractivity contribution in [2.24, 2.45) is 5.92 Å². The third kappa shape index (κ3) is 8.11. The van der Waals surface area contributed by atoms with Crippen LogP contribution in [0.15, 0.2) is 0 Å². The Balaban J connectivity index is 2.89. The molecule has 0 aromatic rings. The number of nitrogens with one attached hydrogen (secondary N) is 1. The van der Waals surface area contributed by atoms with E-state index in [1.165, 1.54) is 0 Å². The summed E-state index contributed by atoms with van der Waals surface area (Å²) < 4.78 is 4.91. The van der Waals surface area contributed by atoms with Crippen LogP contribution in [0.25, 0.3) is 0 Å². The molecule has 0 aliphatic carbocycles. The maximum Gasteiger partial charge on any atom is 0.0474 e. The number of methoxy groups -OCH3 is 1. The lowest BCUT2D eigenvalue weighted by atomic mass is 10.2. The molecular formula is C8H18ClNO. The third-order valence-electron chi connectivity index (χ3n) is 1.46. The van der Waals surface area contributed by atoms with Crippen LogP contribution in [-0.2, 0) is 4.74 Å². The average molecular weight is 180 g/mol. The van der Waals surface area contributed by atoms with E-state index in [2.05, 4.69) is 12.2 Å². The summed E-state index contributed by atoms with van der Waals surface area (Å²) in [6.45, 7) is 5.00. The van der Waals surface area contributed by atoms with E-state index < -0.39 is 0 Å². The molecule has 1 atom stereocenters. The minimum Gasteiger partial charge on any atom is -0.385 e. The van der Waals surface area contributed by atoms with Crippen molar-refractivity contribution in [2.45, 2.75) is 13.3 Å². The van der Waals surface area contributed by atoms with Crippen LogP contribution in [0.3, 0.4) is 0 Å². The van der Waals surface area contributed by atoms with Crippen LogP contribution in [-0.4, -0.2) is 32.7 Å². The van der Waals surface area contributed by atoms with E-state index >= 15 is 0 Å². The predicted molar refractivity (Wildman–Crippen MR) is 49.2 cm³/mol. The Hall–Kier alpha value is 0.210. The Morgan fingerprint density at radius 2 is 2.27 bits per heavy atom. The van der Waals surface area contributed by atoms with Gasteiger partial charge in [-0.1, -0.05) is 6.92 Å². The molecule has 0 bridgehead atoms. The average Bonchev–Trinajstić information content (AvgIpc) is 2.04. The number of alkyl halides is 1. The molecule has 0 rings (SSSR count). The lowest BCUT2D eigenvalue weighted by molar-refractivity contribution is 0.194. The molecule has 1 N–H and O–H groups in total. The molecule has 2 nitrogen and oxygen atoms in total. The Bertz CT molecular complexity index is 80.5. The number of hydrogen-bond acceptors (Lipinski definition) is 2. The number of rotatable bonds is 7. The van der Waals surface area contributed by atoms with Gasteiger partial charge >= 0.3 is 0 Å². The van der Waals surface area contributed by atoms with Gasteiger partial charge in [0, 0.05) is 19.6 Å². The molecule has 0 radical (unpaired) electrons. The fourth-order valence-electron chi connectivity index (χ4n) is 0.745. The van der Waals surface area contributed by atoms with Crippen molar-refractivity contribution in [1.82, 2.24) is 5.32 Å². The molecule has 1 unspecified atom stereocenters. The molecule has 0 heterocycles. The van der Waals surface area contributed by atoms with Crippen LogP contribution in [0, 0.1) is 5.92 Å². The first kappa shape index (κ1) is 11.2. The number of halogens is 1. The maximum absolute atomic E-state index is 5.63. The first-order valence-electron chi connectivity index (χ1n) is 4.07. The van der Waals surface area contributed by atoms with E-state index in [0.717, 1.165) is 32.0 Å². The Labute approximate surface area is 74.3 Å². The van der Waals surface area contributed by atoms with Crippen LogP contribution in [0.4, 0.5) is 0 Å². The first-order valence-corrected chi connectivity index (χ1v) is 4.60. The summed E-state index contributed by atoms with van der Waals surface area (Å²) in [4.78, 5) is 0. The summed E-state index contributed by atoms with van der Waals surface area (Å²) >= 11 is 5.63. The van der Waals surface area contributed by atoms with Gasteiger partial charge in [-0.25, -0.2) is 0 Å². The van der Waals surface area contributed by atoms with Gasteiger partial charge in [-0.05, 0) is 25.4 Å². The highest BCUT2D eigenvalue weighted by molar-refractivity contribution is 6.18. The van der Waals surface area contributed by atoms with E-state index in [9.17, 15) is 0 Å². The molecule has 68 valence electrons. The quantitative estimate of drug-likeness (QED) is 0.473. The van der Waals surface area contributed by atoms with E-state index in [1.807, 2.05) is 0 Å². The molecule has 0 amide bonds. The van der Waals surface area contributed by atoms with Crippen LogP contribution in [0.1, 0.15) is 13.3 Å². The lowest BCUT2D eigenvalue weighted by Crippen LogP contribution is -2.23. The van der Waals surface area contributed by atoms with Gasteiger partial charge in [0.2, 0.25) is 0 Å². The van der Waals surface area contributed by atoms with Crippen molar-refractivity contribution in [3.8, 4) is 0 Å². The zero-order chi connectivity index (χ0) is 8.53. The van der Waals surface area contributed by atoms with Gasteiger partial charge in [-0.2, -0.15) is 0 Å². The predicted octanol–water partition coefficient (Wildman–Crippen LogP) is 1.49. The highest BCUT2D eigenvalue weighted by Gasteiger charge is 1.97. The van der Waals surface area contributed by atoms with Crippen molar-refractivity contribution in [3.05, 3.63) is 0 Å². The topological polar surface area (TPSA) is 21.3 Å². The summed E-state index contributed by atoms with van der Waals surface area (Å²) in [5, 5.41) is 3.31. The van der Waals surface area contributed by atoms with Crippen LogP contribution < -0.4 is 5.32 Å². The summed E-state index contributed by atoms with van der Waals surface area (Å²) in [6.07, 6.45) is 1.07. The molecule has 0 aliphatic rings. The van der Waals surface area contributed by atoms with Gasteiger partial charge < -0.3 is 10.1 Å². The van der Waals surface area contributed by atoms with Gasteiger partial charge in [0.25, 0.3) is 0 Å². The van der Waals surface area contributed by atoms with Crippen molar-refractivity contribution in [3.63, 3.8) is 0 Å². The fraction of sp³-hybridized carbons (Fsp3) is 1.00. The molecule has 0 aromatic carbocycles. The van der Waals surface area contributed by atoms with Crippen molar-refractivity contribution in [2.75, 3.05) is 32.7 Å². The highest BCUT2D eigenvalue weighted by Crippen LogP contribution is 1.94. The second kappa shape index (κ2) is 8.31. The minimum atomic E-state index is 0.569. The molecular weight excluding hydrogens is 162 g/mol. The van der Waals surface area contributed by atoms with Crippen molar-refractivity contribution >= 4 is 11.6 Å². The lowest BCUT2D eigenvalue weighted by Gasteiger charge is -2.08. The van der Waals surface area contributed by atoms with E-state index in [1.54, 1.807) is 7.11 Å². The zero-order valence-corrected chi connectivity index (χ0v) is 8.16. The molecule has 0 saturated carbocycles. The normalized spacial score (nSPS) is 13.4. The van der Waals surface area contributed by atoms with Crippen molar-refractivity contribution < 1.29 is 4.74 Å². The van der Waals surface area contributed by atoms with E-state index in [-0.39, 0.29) is 0 Å². The van der Waals surface area contributed by atoms with Crippen LogP contribution in [0.2, 0.25) is 0 Å². The highest BCUT2D eigenvalue weighted by atomic mass is 35.5. The molecule has 0 spiro atoms. The zero-order valence-electron chi connectivity index (χ0n) is 7.40. The Morgan fingerprint density at radius 1 is 1.55 bits per heavy atom. The summed E-state index contributed by atoms with van der Waals surface area (Å²) in [7, 11) is 1.72. The SMILES string of the molecule is COCCCNCC(C)CCl. The summed E-state index contributed by atoms with van der Waals surface area (Å²) in [6, 6.07) is 0. The van der Waals surface area contributed by atoms with Crippen molar-refractivity contribution in [1.29, 1.82) is 0 Å². The monoisotopic (exact) mass is 179 g/mol. The smallest absolute Gasteiger partial charge is 0.0474 e. The standard InChI is InChI=1S/C8H18ClNO/c1-8(6-9)7-10-4-3-5-11-2/h8,10H,3-7H2,1-2H3. The second-order valence-corrected chi connectivity index (χ2v) is 3.12. The Morgan fingerprint density at radius 3 is 2.82 bits per heavy atom. The number of ether oxygens (including phenoxy) is 1. The van der Waals surface area contributed by atoms with E-state index in [0.29, 0.717) is 5.92 Å². The third-order valence-corrected chi connectivity index (χ3v) is 1.99. The minimum absolute atomic E-state index is 0.569. The van der Waals surface area contributed by atoms with Gasteiger partial charge in [0.15, 0.2) is 0 Å². The molecule has 0 aliphatic heterocycles. The molecule has 0 fully saturated rings. The molecule has 3 heteroatoms. The molecule has 0 aromatic heterocycles. The van der Waals surface area contributed by atoms with Gasteiger partial charge in [-0.15, -0.1) is 11.6 Å². The first-order chi connectivity index (χ1) is 5.31. The van der Waals surface area contributed by atoms with Gasteiger partial charge in [0.05, 0.1) is 0 Å². The Kier molecular flexibility index (Phi) is 8.47. The fourth-order valence-corrected chi connectivity index (χ4v) is 0.854. The van der Waals surface area contributed by atoms with Gasteiger partial charge in [0.1, 0.15) is 0 Å². The molecule has 11 heavy (non-hydrogen) atoms. The maximum atomic E-state index is 5.63. The second-order valence-electron chi connectivity index (χ2n) is 2.81. The summed E-state index contributed by atoms with van der Waals surface area (Å²) in [5.41, 5.74) is 0. The number of hydrogen-bond donors (Lipinski definition) is 1. The van der Waals surface area contributed by atoms with E-state index in [4.69, 9.17) is 16.3 Å². The summed E-state index contributed by atoms with van der Waals surface area (Å²) in [5.74, 6) is 1.30. The molecule has 0 saturated heterocycles.